The van der Waals surface area contributed by atoms with Gasteiger partial charge in [-0.25, -0.2) is 0 Å². The maximum atomic E-state index is 12.7. The summed E-state index contributed by atoms with van der Waals surface area (Å²) in [6.45, 7) is 10.3. The summed E-state index contributed by atoms with van der Waals surface area (Å²) in [7, 11) is 0. The predicted octanol–water partition coefficient (Wildman–Crippen LogP) is 1.85. The lowest BCUT2D eigenvalue weighted by Crippen LogP contribution is -2.43. The van der Waals surface area contributed by atoms with Crippen LogP contribution < -0.4 is 5.32 Å². The Balaban J connectivity index is 2.07. The molecule has 2 unspecified atom stereocenters. The molecule has 0 aliphatic carbocycles. The zero-order chi connectivity index (χ0) is 18.8. The van der Waals surface area contributed by atoms with Crippen molar-refractivity contribution >= 4 is 17.5 Å². The van der Waals surface area contributed by atoms with Crippen molar-refractivity contribution in [2.45, 2.75) is 59.3 Å². The summed E-state index contributed by atoms with van der Waals surface area (Å²) in [6.07, 6.45) is 0.956. The highest BCUT2D eigenvalue weighted by molar-refractivity contribution is 6.37. The first-order valence-corrected chi connectivity index (χ1v) is 8.77. The average Bonchev–Trinajstić information content (AvgIpc) is 2.98. The number of nitrogens with one attached hydrogen (secondary N) is 1. The maximum Gasteiger partial charge on any atom is 0.287 e. The van der Waals surface area contributed by atoms with E-state index in [0.29, 0.717) is 31.2 Å². The van der Waals surface area contributed by atoms with Gasteiger partial charge in [0, 0.05) is 36.6 Å². The summed E-state index contributed by atoms with van der Waals surface area (Å²) >= 11 is 0. The zero-order valence-corrected chi connectivity index (χ0v) is 15.6. The molecule has 1 aromatic rings. The largest absolute Gasteiger partial charge is 0.425 e. The van der Waals surface area contributed by atoms with Crippen LogP contribution >= 0.6 is 0 Å². The van der Waals surface area contributed by atoms with Crippen LogP contribution in [0, 0.1) is 17.8 Å². The van der Waals surface area contributed by atoms with E-state index in [0.717, 1.165) is 0 Å². The summed E-state index contributed by atoms with van der Waals surface area (Å²) in [5.74, 6) is -0.891. The number of hydrogen-bond donors (Lipinski definition) is 1. The molecule has 7 heteroatoms. The fraction of sp³-hybridized carbons (Fsp3) is 0.722. The summed E-state index contributed by atoms with van der Waals surface area (Å²) < 4.78 is 5.70. The van der Waals surface area contributed by atoms with Gasteiger partial charge < -0.3 is 9.73 Å². The molecule has 138 valence electrons. The van der Waals surface area contributed by atoms with Crippen LogP contribution in [0.1, 0.15) is 59.2 Å². The fourth-order valence-corrected chi connectivity index (χ4v) is 2.90. The quantitative estimate of drug-likeness (QED) is 0.786. The zero-order valence-electron chi connectivity index (χ0n) is 15.6. The third-order valence-corrected chi connectivity index (χ3v) is 4.54. The van der Waals surface area contributed by atoms with Gasteiger partial charge in [0.1, 0.15) is 5.78 Å². The van der Waals surface area contributed by atoms with E-state index in [1.165, 1.54) is 0 Å². The third kappa shape index (κ3) is 4.74. The summed E-state index contributed by atoms with van der Waals surface area (Å²) in [5, 5.41) is 10.6. The van der Waals surface area contributed by atoms with Gasteiger partial charge >= 0.3 is 0 Å². The number of ketones is 2. The van der Waals surface area contributed by atoms with Gasteiger partial charge in [-0.2, -0.15) is 0 Å². The van der Waals surface area contributed by atoms with Crippen molar-refractivity contribution < 1.29 is 18.8 Å². The molecule has 1 saturated heterocycles. The molecule has 7 nitrogen and oxygen atoms in total. The summed E-state index contributed by atoms with van der Waals surface area (Å²) in [4.78, 5) is 36.1. The van der Waals surface area contributed by atoms with Crippen molar-refractivity contribution in [1.29, 1.82) is 0 Å². The van der Waals surface area contributed by atoms with Crippen molar-refractivity contribution in [1.82, 2.24) is 15.5 Å². The number of amides is 1. The molecule has 0 radical (unpaired) electrons. The molecular weight excluding hydrogens is 322 g/mol. The molecule has 2 atom stereocenters. The molecule has 0 saturated carbocycles. The first-order chi connectivity index (χ1) is 11.6. The Hall–Kier alpha value is -2.05. The van der Waals surface area contributed by atoms with Crippen LogP contribution in [0.5, 0.6) is 0 Å². The first-order valence-electron chi connectivity index (χ1n) is 8.77. The standard InChI is InChI=1S/C18H27N3O4/c1-10(2)12(9-14-20-21-17(25-14)18(3,4)5)13(22)8-11-6-7-19-16(24)15(11)23/h10-12H,6-9H2,1-5H3,(H,19,24). The SMILES string of the molecule is CC(C)C(Cc1nnc(C(C)(C)C)o1)C(=O)CC1CCNC(=O)C1=O. The van der Waals surface area contributed by atoms with Crippen LogP contribution in [-0.2, 0) is 26.2 Å². The van der Waals surface area contributed by atoms with E-state index in [4.69, 9.17) is 4.42 Å². The van der Waals surface area contributed by atoms with Crippen molar-refractivity contribution in [3.63, 3.8) is 0 Å². The summed E-state index contributed by atoms with van der Waals surface area (Å²) in [5.41, 5.74) is -0.246. The molecule has 1 aliphatic heterocycles. The van der Waals surface area contributed by atoms with Gasteiger partial charge in [-0.05, 0) is 12.3 Å². The number of nitrogens with zero attached hydrogens (tertiary/aromatic N) is 2. The van der Waals surface area contributed by atoms with Crippen LogP contribution in [0.2, 0.25) is 0 Å². The van der Waals surface area contributed by atoms with Crippen molar-refractivity contribution in [3.05, 3.63) is 11.8 Å². The average molecular weight is 349 g/mol. The molecule has 0 spiro atoms. The number of hydrogen-bond acceptors (Lipinski definition) is 6. The highest BCUT2D eigenvalue weighted by Crippen LogP contribution is 2.26. The first kappa shape index (κ1) is 19.3. The Labute approximate surface area is 148 Å². The predicted molar refractivity (Wildman–Crippen MR) is 90.8 cm³/mol. The molecule has 0 bridgehead atoms. The minimum absolute atomic E-state index is 0.0291. The Morgan fingerprint density at radius 2 is 1.96 bits per heavy atom. The summed E-state index contributed by atoms with van der Waals surface area (Å²) in [6, 6.07) is 0. The van der Waals surface area contributed by atoms with Crippen LogP contribution in [0.25, 0.3) is 0 Å². The lowest BCUT2D eigenvalue weighted by molar-refractivity contribution is -0.143. The second-order valence-electron chi connectivity index (χ2n) is 8.08. The fourth-order valence-electron chi connectivity index (χ4n) is 2.90. The third-order valence-electron chi connectivity index (χ3n) is 4.54. The van der Waals surface area contributed by atoms with Crippen LogP contribution in [0.3, 0.4) is 0 Å². The molecule has 1 N–H and O–H groups in total. The molecular formula is C18H27N3O4. The molecule has 1 amide bonds. The lowest BCUT2D eigenvalue weighted by Gasteiger charge is -2.23. The van der Waals surface area contributed by atoms with E-state index in [-0.39, 0.29) is 29.5 Å². The second kappa shape index (κ2) is 7.45. The number of rotatable bonds is 6. The van der Waals surface area contributed by atoms with Crippen molar-refractivity contribution in [2.75, 3.05) is 6.54 Å². The Morgan fingerprint density at radius 1 is 1.28 bits per heavy atom. The van der Waals surface area contributed by atoms with E-state index in [1.54, 1.807) is 0 Å². The minimum atomic E-state index is -0.586. The van der Waals surface area contributed by atoms with Crippen LogP contribution in [-0.4, -0.2) is 34.2 Å². The van der Waals surface area contributed by atoms with E-state index >= 15 is 0 Å². The molecule has 1 fully saturated rings. The molecule has 0 aromatic carbocycles. The van der Waals surface area contributed by atoms with Crippen molar-refractivity contribution in [2.24, 2.45) is 17.8 Å². The number of carbonyl (C=O) groups excluding carboxylic acids is 3. The Morgan fingerprint density at radius 3 is 2.52 bits per heavy atom. The topological polar surface area (TPSA) is 102 Å². The monoisotopic (exact) mass is 349 g/mol. The van der Waals surface area contributed by atoms with Crippen molar-refractivity contribution in [3.8, 4) is 0 Å². The Bertz CT molecular complexity index is 658. The molecule has 1 aromatic heterocycles. The number of piperidine rings is 1. The second-order valence-corrected chi connectivity index (χ2v) is 8.08. The maximum absolute atomic E-state index is 12.7. The molecule has 2 rings (SSSR count). The van der Waals surface area contributed by atoms with Crippen LogP contribution in [0.4, 0.5) is 0 Å². The van der Waals surface area contributed by atoms with Gasteiger partial charge in [-0.1, -0.05) is 34.6 Å². The van der Waals surface area contributed by atoms with Gasteiger partial charge in [0.15, 0.2) is 0 Å². The number of aromatic nitrogens is 2. The van der Waals surface area contributed by atoms with Gasteiger partial charge in [0.2, 0.25) is 17.6 Å². The van der Waals surface area contributed by atoms with Gasteiger partial charge in [0.25, 0.3) is 5.91 Å². The highest BCUT2D eigenvalue weighted by Gasteiger charge is 2.34. The molecule has 1 aliphatic rings. The van der Waals surface area contributed by atoms with Gasteiger partial charge in [-0.15, -0.1) is 10.2 Å². The number of carbonyl (C=O) groups is 3. The van der Waals surface area contributed by atoms with Gasteiger partial charge in [0.05, 0.1) is 0 Å². The highest BCUT2D eigenvalue weighted by atomic mass is 16.4. The van der Waals surface area contributed by atoms with Crippen LogP contribution in [0.15, 0.2) is 4.42 Å². The van der Waals surface area contributed by atoms with E-state index in [2.05, 4.69) is 15.5 Å². The van der Waals surface area contributed by atoms with E-state index in [9.17, 15) is 14.4 Å². The molecule has 25 heavy (non-hydrogen) atoms. The van der Waals surface area contributed by atoms with E-state index < -0.39 is 17.6 Å². The number of Topliss-reactive ketones (excluding diaryl/α,β-unsaturated/α-hetero) is 2. The normalized spacial score (nSPS) is 19.8. The minimum Gasteiger partial charge on any atom is -0.425 e. The smallest absolute Gasteiger partial charge is 0.287 e. The van der Waals surface area contributed by atoms with E-state index in [1.807, 2.05) is 34.6 Å². The lowest BCUT2D eigenvalue weighted by atomic mass is 9.81. The molecule has 2 heterocycles. The van der Waals surface area contributed by atoms with Gasteiger partial charge in [-0.3, -0.25) is 14.4 Å². The Kier molecular flexibility index (Phi) is 5.75.